The van der Waals surface area contributed by atoms with Crippen molar-refractivity contribution in [2.75, 3.05) is 20.3 Å². The number of ether oxygens (including phenoxy) is 2. The van der Waals surface area contributed by atoms with Gasteiger partial charge in [-0.05, 0) is 18.2 Å². The Morgan fingerprint density at radius 1 is 1.53 bits per heavy atom. The highest BCUT2D eigenvalue weighted by Gasteiger charge is 2.30. The topological polar surface area (TPSA) is 42.8 Å². The van der Waals surface area contributed by atoms with E-state index in [2.05, 4.69) is 10.5 Å². The molecule has 4 heteroatoms. The highest BCUT2D eigenvalue weighted by atomic mass is 16.5. The van der Waals surface area contributed by atoms with E-state index in [9.17, 15) is 0 Å². The van der Waals surface area contributed by atoms with Gasteiger partial charge in [0.1, 0.15) is 11.5 Å². The van der Waals surface area contributed by atoms with Crippen molar-refractivity contribution in [3.63, 3.8) is 0 Å². The molecule has 4 nitrogen and oxygen atoms in total. The first-order chi connectivity index (χ1) is 7.38. The fourth-order valence-corrected chi connectivity index (χ4v) is 2.00. The molecule has 2 aliphatic rings. The molecule has 0 spiro atoms. The summed E-state index contributed by atoms with van der Waals surface area (Å²) < 4.78 is 10.9. The summed E-state index contributed by atoms with van der Waals surface area (Å²) in [6.45, 7) is 1.58. The molecular formula is C11H12N2O2. The van der Waals surface area contributed by atoms with Crippen LogP contribution in [0.1, 0.15) is 5.56 Å². The zero-order chi connectivity index (χ0) is 10.3. The molecule has 0 saturated carbocycles. The van der Waals surface area contributed by atoms with Crippen molar-refractivity contribution in [2.45, 2.75) is 0 Å². The Labute approximate surface area is 87.9 Å². The molecule has 0 amide bonds. The van der Waals surface area contributed by atoms with E-state index in [1.807, 2.05) is 18.2 Å². The number of benzene rings is 1. The summed E-state index contributed by atoms with van der Waals surface area (Å²) in [4.78, 5) is 0. The van der Waals surface area contributed by atoms with Crippen molar-refractivity contribution in [3.05, 3.63) is 23.8 Å². The molecule has 3 rings (SSSR count). The number of fused-ring (bicyclic) bond motifs is 3. The van der Waals surface area contributed by atoms with Crippen LogP contribution < -0.4 is 14.9 Å². The maximum absolute atomic E-state index is 5.66. The van der Waals surface area contributed by atoms with Crippen molar-refractivity contribution in [3.8, 4) is 11.5 Å². The molecule has 2 heterocycles. The fourth-order valence-electron chi connectivity index (χ4n) is 2.00. The molecule has 1 N–H and O–H groups in total. The van der Waals surface area contributed by atoms with Crippen LogP contribution in [-0.2, 0) is 0 Å². The van der Waals surface area contributed by atoms with E-state index in [1.165, 1.54) is 0 Å². The van der Waals surface area contributed by atoms with Gasteiger partial charge in [0.15, 0.2) is 0 Å². The predicted molar refractivity (Wildman–Crippen MR) is 56.5 cm³/mol. The van der Waals surface area contributed by atoms with Gasteiger partial charge in [0.25, 0.3) is 0 Å². The van der Waals surface area contributed by atoms with Crippen molar-refractivity contribution in [1.82, 2.24) is 5.43 Å². The lowest BCUT2D eigenvalue weighted by Crippen LogP contribution is -2.28. The van der Waals surface area contributed by atoms with E-state index < -0.39 is 0 Å². The molecule has 1 aromatic carbocycles. The largest absolute Gasteiger partial charge is 0.497 e. The lowest BCUT2D eigenvalue weighted by molar-refractivity contribution is 0.277. The minimum absolute atomic E-state index is 0.379. The van der Waals surface area contributed by atoms with E-state index in [4.69, 9.17) is 9.47 Å². The lowest BCUT2D eigenvalue weighted by Gasteiger charge is -2.22. The van der Waals surface area contributed by atoms with Crippen molar-refractivity contribution >= 4 is 5.71 Å². The molecule has 0 aliphatic carbocycles. The minimum atomic E-state index is 0.379. The summed E-state index contributed by atoms with van der Waals surface area (Å²) in [7, 11) is 1.66. The van der Waals surface area contributed by atoms with Gasteiger partial charge in [-0.3, -0.25) is 0 Å². The van der Waals surface area contributed by atoms with E-state index in [-0.39, 0.29) is 0 Å². The summed E-state index contributed by atoms with van der Waals surface area (Å²) in [5, 5.41) is 4.31. The molecule has 0 saturated heterocycles. The first-order valence-electron chi connectivity index (χ1n) is 5.00. The fraction of sp³-hybridized carbons (Fsp3) is 0.364. The minimum Gasteiger partial charge on any atom is -0.497 e. The van der Waals surface area contributed by atoms with Gasteiger partial charge in [-0.25, -0.2) is 0 Å². The van der Waals surface area contributed by atoms with Gasteiger partial charge in [0.2, 0.25) is 0 Å². The van der Waals surface area contributed by atoms with Crippen LogP contribution in [0.4, 0.5) is 0 Å². The molecule has 78 valence electrons. The van der Waals surface area contributed by atoms with E-state index in [1.54, 1.807) is 7.11 Å². The monoisotopic (exact) mass is 204 g/mol. The number of rotatable bonds is 1. The van der Waals surface area contributed by atoms with Crippen molar-refractivity contribution < 1.29 is 9.47 Å². The van der Waals surface area contributed by atoms with E-state index in [0.717, 1.165) is 29.3 Å². The Hall–Kier alpha value is -1.71. The number of hydrogen-bond acceptors (Lipinski definition) is 4. The Morgan fingerprint density at radius 2 is 2.47 bits per heavy atom. The number of hydrazone groups is 1. The highest BCUT2D eigenvalue weighted by molar-refractivity contribution is 6.06. The van der Waals surface area contributed by atoms with Gasteiger partial charge in [-0.15, -0.1) is 0 Å². The van der Waals surface area contributed by atoms with Crippen LogP contribution in [0.25, 0.3) is 0 Å². The van der Waals surface area contributed by atoms with Crippen LogP contribution in [0.5, 0.6) is 11.5 Å². The maximum atomic E-state index is 5.66. The van der Waals surface area contributed by atoms with Crippen LogP contribution >= 0.6 is 0 Å². The van der Waals surface area contributed by atoms with Crippen molar-refractivity contribution in [1.29, 1.82) is 0 Å². The first-order valence-corrected chi connectivity index (χ1v) is 5.00. The number of nitrogens with zero attached hydrogens (tertiary/aromatic N) is 1. The van der Waals surface area contributed by atoms with Gasteiger partial charge in [0, 0.05) is 12.1 Å². The average Bonchev–Trinajstić information content (AvgIpc) is 2.76. The molecule has 0 bridgehead atoms. The Kier molecular flexibility index (Phi) is 1.80. The molecule has 0 radical (unpaired) electrons. The third kappa shape index (κ3) is 1.25. The second-order valence-corrected chi connectivity index (χ2v) is 3.73. The third-order valence-electron chi connectivity index (χ3n) is 2.83. The third-order valence-corrected chi connectivity index (χ3v) is 2.83. The van der Waals surface area contributed by atoms with Gasteiger partial charge < -0.3 is 14.9 Å². The van der Waals surface area contributed by atoms with E-state index in [0.29, 0.717) is 12.5 Å². The second kappa shape index (κ2) is 3.15. The quantitative estimate of drug-likeness (QED) is 0.742. The van der Waals surface area contributed by atoms with Crippen LogP contribution in [0.3, 0.4) is 0 Å². The molecule has 0 fully saturated rings. The molecule has 2 aliphatic heterocycles. The Bertz CT molecular complexity index is 429. The predicted octanol–water partition coefficient (Wildman–Crippen LogP) is 1.01. The normalized spacial score (nSPS) is 21.9. The molecule has 1 aromatic rings. The van der Waals surface area contributed by atoms with Crippen LogP contribution in [0.2, 0.25) is 0 Å². The SMILES string of the molecule is COc1ccc2c(c1)C1=NNCC1CO2. The summed E-state index contributed by atoms with van der Waals surface area (Å²) in [6.07, 6.45) is 0. The Balaban J connectivity index is 2.10. The second-order valence-electron chi connectivity index (χ2n) is 3.73. The first kappa shape index (κ1) is 8.59. The molecule has 15 heavy (non-hydrogen) atoms. The summed E-state index contributed by atoms with van der Waals surface area (Å²) >= 11 is 0. The van der Waals surface area contributed by atoms with Crippen LogP contribution in [-0.4, -0.2) is 26.0 Å². The lowest BCUT2D eigenvalue weighted by atomic mass is 9.95. The van der Waals surface area contributed by atoms with Gasteiger partial charge in [-0.1, -0.05) is 0 Å². The Morgan fingerprint density at radius 3 is 3.33 bits per heavy atom. The molecular weight excluding hydrogens is 192 g/mol. The van der Waals surface area contributed by atoms with Crippen LogP contribution in [0, 0.1) is 5.92 Å². The average molecular weight is 204 g/mol. The summed E-state index contributed by atoms with van der Waals surface area (Å²) in [5.74, 6) is 2.12. The smallest absolute Gasteiger partial charge is 0.128 e. The number of nitrogens with one attached hydrogen (secondary N) is 1. The maximum Gasteiger partial charge on any atom is 0.128 e. The molecule has 0 aromatic heterocycles. The summed E-state index contributed by atoms with van der Waals surface area (Å²) in [6, 6.07) is 5.82. The highest BCUT2D eigenvalue weighted by Crippen LogP contribution is 2.32. The zero-order valence-electron chi connectivity index (χ0n) is 8.49. The standard InChI is InChI=1S/C11H12N2O2/c1-14-8-2-3-10-9(4-8)11-7(6-15-10)5-12-13-11/h2-4,7,12H,5-6H2,1H3. The van der Waals surface area contributed by atoms with Gasteiger partial charge in [-0.2, -0.15) is 5.10 Å². The number of methoxy groups -OCH3 is 1. The van der Waals surface area contributed by atoms with Gasteiger partial charge >= 0.3 is 0 Å². The van der Waals surface area contributed by atoms with E-state index >= 15 is 0 Å². The summed E-state index contributed by atoms with van der Waals surface area (Å²) in [5.41, 5.74) is 5.15. The molecule has 1 atom stereocenters. The van der Waals surface area contributed by atoms with Crippen LogP contribution in [0.15, 0.2) is 23.3 Å². The van der Waals surface area contributed by atoms with Gasteiger partial charge in [0.05, 0.1) is 25.3 Å². The molecule has 1 unspecified atom stereocenters. The number of hydrogen-bond donors (Lipinski definition) is 1. The zero-order valence-corrected chi connectivity index (χ0v) is 8.49. The van der Waals surface area contributed by atoms with Crippen molar-refractivity contribution in [2.24, 2.45) is 11.0 Å².